The Hall–Kier alpha value is -0.200. The first-order valence-electron chi connectivity index (χ1n) is 3.07. The summed E-state index contributed by atoms with van der Waals surface area (Å²) in [7, 11) is 0. The molecule has 0 bridgehead atoms. The summed E-state index contributed by atoms with van der Waals surface area (Å²) in [5.74, 6) is 0. The Labute approximate surface area is 70.8 Å². The fourth-order valence-corrected chi connectivity index (χ4v) is 1.20. The average Bonchev–Trinajstić information content (AvgIpc) is 1.96. The molecule has 0 aliphatic heterocycles. The molecule has 0 nitrogen and oxygen atoms in total. The minimum Gasteiger partial charge on any atom is -0.0992 e. The third-order valence-corrected chi connectivity index (χ3v) is 2.12. The summed E-state index contributed by atoms with van der Waals surface area (Å²) in [4.78, 5) is 0. The summed E-state index contributed by atoms with van der Waals surface area (Å²) >= 11 is 11.6. The van der Waals surface area contributed by atoms with E-state index >= 15 is 0 Å². The highest BCUT2D eigenvalue weighted by Gasteiger charge is 2.04. The Bertz CT molecular complexity index is 211. The van der Waals surface area contributed by atoms with Crippen LogP contribution in [0.4, 0.5) is 0 Å². The zero-order valence-corrected chi connectivity index (χ0v) is 7.04. The van der Waals surface area contributed by atoms with Gasteiger partial charge in [0.15, 0.2) is 0 Å². The molecule has 0 aromatic carbocycles. The molecule has 0 aromatic heterocycles. The fourth-order valence-electron chi connectivity index (χ4n) is 0.796. The van der Waals surface area contributed by atoms with Crippen molar-refractivity contribution in [1.82, 2.24) is 0 Å². The van der Waals surface area contributed by atoms with Crippen molar-refractivity contribution in [2.45, 2.75) is 12.8 Å². The third-order valence-electron chi connectivity index (χ3n) is 1.34. The maximum atomic E-state index is 5.80. The van der Waals surface area contributed by atoms with Crippen LogP contribution in [0.5, 0.6) is 0 Å². The van der Waals surface area contributed by atoms with E-state index in [1.165, 1.54) is 0 Å². The smallest absolute Gasteiger partial charge is 0.0551 e. The quantitative estimate of drug-likeness (QED) is 0.493. The SMILES string of the molecule is C=C1CC=CC(Cl)=C(Cl)C1. The van der Waals surface area contributed by atoms with Gasteiger partial charge in [-0.1, -0.05) is 41.4 Å². The monoisotopic (exact) mass is 174 g/mol. The van der Waals surface area contributed by atoms with E-state index in [4.69, 9.17) is 23.2 Å². The van der Waals surface area contributed by atoms with E-state index in [9.17, 15) is 0 Å². The molecule has 1 aliphatic rings. The van der Waals surface area contributed by atoms with Gasteiger partial charge in [0.2, 0.25) is 0 Å². The lowest BCUT2D eigenvalue weighted by Gasteiger charge is -1.97. The lowest BCUT2D eigenvalue weighted by atomic mass is 10.2. The zero-order valence-electron chi connectivity index (χ0n) is 5.53. The summed E-state index contributed by atoms with van der Waals surface area (Å²) in [6.45, 7) is 3.83. The van der Waals surface area contributed by atoms with Crippen LogP contribution in [-0.4, -0.2) is 0 Å². The van der Waals surface area contributed by atoms with E-state index in [1.807, 2.05) is 12.2 Å². The van der Waals surface area contributed by atoms with Gasteiger partial charge >= 0.3 is 0 Å². The molecule has 1 rings (SSSR count). The largest absolute Gasteiger partial charge is 0.0992 e. The maximum absolute atomic E-state index is 5.80. The van der Waals surface area contributed by atoms with Crippen LogP contribution < -0.4 is 0 Å². The van der Waals surface area contributed by atoms with Crippen LogP contribution in [0.1, 0.15) is 12.8 Å². The molecule has 1 aliphatic carbocycles. The number of rotatable bonds is 0. The third kappa shape index (κ3) is 1.89. The number of allylic oxidation sites excluding steroid dienone is 5. The van der Waals surface area contributed by atoms with Gasteiger partial charge in [0.1, 0.15) is 0 Å². The van der Waals surface area contributed by atoms with Gasteiger partial charge in [-0.05, 0) is 12.5 Å². The average molecular weight is 175 g/mol. The number of hydrogen-bond acceptors (Lipinski definition) is 0. The topological polar surface area (TPSA) is 0 Å². The van der Waals surface area contributed by atoms with Crippen molar-refractivity contribution in [3.63, 3.8) is 0 Å². The highest BCUT2D eigenvalue weighted by atomic mass is 35.5. The number of hydrogen-bond donors (Lipinski definition) is 0. The molecule has 2 heteroatoms. The van der Waals surface area contributed by atoms with Crippen LogP contribution in [0, 0.1) is 0 Å². The Kier molecular flexibility index (Phi) is 2.58. The minimum absolute atomic E-state index is 0.639. The molecule has 0 saturated carbocycles. The second-order valence-electron chi connectivity index (χ2n) is 2.29. The Morgan fingerprint density at radius 1 is 1.40 bits per heavy atom. The van der Waals surface area contributed by atoms with Crippen LogP contribution in [0.2, 0.25) is 0 Å². The summed E-state index contributed by atoms with van der Waals surface area (Å²) < 4.78 is 0. The Morgan fingerprint density at radius 2 is 2.10 bits per heavy atom. The van der Waals surface area contributed by atoms with Crippen molar-refractivity contribution in [3.05, 3.63) is 34.4 Å². The molecule has 10 heavy (non-hydrogen) atoms. The van der Waals surface area contributed by atoms with Crippen LogP contribution >= 0.6 is 23.2 Å². The van der Waals surface area contributed by atoms with Gasteiger partial charge < -0.3 is 0 Å². The standard InChI is InChI=1S/C8H8Cl2/c1-6-3-2-4-7(9)8(10)5-6/h2,4H,1,3,5H2. The van der Waals surface area contributed by atoms with Crippen molar-refractivity contribution in [1.29, 1.82) is 0 Å². The van der Waals surface area contributed by atoms with Crippen molar-refractivity contribution in [2.75, 3.05) is 0 Å². The van der Waals surface area contributed by atoms with Gasteiger partial charge in [-0.3, -0.25) is 0 Å². The van der Waals surface area contributed by atoms with Crippen molar-refractivity contribution in [3.8, 4) is 0 Å². The molecule has 0 heterocycles. The van der Waals surface area contributed by atoms with Crippen LogP contribution in [-0.2, 0) is 0 Å². The predicted molar refractivity (Wildman–Crippen MR) is 46.2 cm³/mol. The first kappa shape index (κ1) is 7.90. The minimum atomic E-state index is 0.639. The maximum Gasteiger partial charge on any atom is 0.0551 e. The van der Waals surface area contributed by atoms with Crippen molar-refractivity contribution in [2.24, 2.45) is 0 Å². The molecular weight excluding hydrogens is 167 g/mol. The van der Waals surface area contributed by atoms with E-state index in [-0.39, 0.29) is 0 Å². The highest BCUT2D eigenvalue weighted by molar-refractivity contribution is 6.40. The first-order chi connectivity index (χ1) is 4.70. The van der Waals surface area contributed by atoms with E-state index in [1.54, 1.807) is 0 Å². The molecule has 0 radical (unpaired) electrons. The lowest BCUT2D eigenvalue weighted by molar-refractivity contribution is 1.12. The first-order valence-corrected chi connectivity index (χ1v) is 3.83. The summed E-state index contributed by atoms with van der Waals surface area (Å²) in [5.41, 5.74) is 1.11. The molecular formula is C8H8Cl2. The summed E-state index contributed by atoms with van der Waals surface area (Å²) in [6, 6.07) is 0. The van der Waals surface area contributed by atoms with Gasteiger partial charge in [-0.25, -0.2) is 0 Å². The summed E-state index contributed by atoms with van der Waals surface area (Å²) in [5, 5.41) is 1.33. The lowest BCUT2D eigenvalue weighted by Crippen LogP contribution is -1.77. The molecule has 0 fully saturated rings. The fraction of sp³-hybridized carbons (Fsp3) is 0.250. The Morgan fingerprint density at radius 3 is 2.80 bits per heavy atom. The van der Waals surface area contributed by atoms with Crippen molar-refractivity contribution >= 4 is 23.2 Å². The van der Waals surface area contributed by atoms with Gasteiger partial charge in [0.25, 0.3) is 0 Å². The molecule has 0 N–H and O–H groups in total. The number of halogens is 2. The van der Waals surface area contributed by atoms with Gasteiger partial charge in [0.05, 0.1) is 5.03 Å². The normalized spacial score (nSPS) is 19.6. The molecule has 54 valence electrons. The second kappa shape index (κ2) is 3.27. The molecule has 0 amide bonds. The van der Waals surface area contributed by atoms with Crippen LogP contribution in [0.3, 0.4) is 0 Å². The van der Waals surface area contributed by atoms with E-state index in [0.29, 0.717) is 16.5 Å². The van der Waals surface area contributed by atoms with E-state index < -0.39 is 0 Å². The van der Waals surface area contributed by atoms with E-state index in [0.717, 1.165) is 12.0 Å². The highest BCUT2D eigenvalue weighted by Crippen LogP contribution is 2.26. The molecule has 0 aromatic rings. The zero-order chi connectivity index (χ0) is 7.56. The van der Waals surface area contributed by atoms with E-state index in [2.05, 4.69) is 6.58 Å². The molecule has 0 spiro atoms. The van der Waals surface area contributed by atoms with Crippen molar-refractivity contribution < 1.29 is 0 Å². The van der Waals surface area contributed by atoms with Crippen LogP contribution in [0.25, 0.3) is 0 Å². The van der Waals surface area contributed by atoms with Gasteiger partial charge in [-0.2, -0.15) is 0 Å². The second-order valence-corrected chi connectivity index (χ2v) is 3.15. The summed E-state index contributed by atoms with van der Waals surface area (Å²) in [6.07, 6.45) is 5.39. The molecule has 0 saturated heterocycles. The molecule has 0 unspecified atom stereocenters. The molecule has 0 atom stereocenters. The van der Waals surface area contributed by atoms with Crippen LogP contribution in [0.15, 0.2) is 34.4 Å². The Balaban J connectivity index is 2.85. The van der Waals surface area contributed by atoms with Gasteiger partial charge in [0, 0.05) is 11.5 Å². The predicted octanol–water partition coefficient (Wildman–Crippen LogP) is 3.58. The van der Waals surface area contributed by atoms with Gasteiger partial charge in [-0.15, -0.1) is 0 Å².